The number of carbonyl (C=O) groups excluding carboxylic acids is 1. The van der Waals surface area contributed by atoms with Crippen molar-refractivity contribution in [3.05, 3.63) is 35.9 Å². The molecule has 1 fully saturated rings. The number of nitrogens with one attached hydrogen (secondary N) is 1. The molecule has 0 bridgehead atoms. The summed E-state index contributed by atoms with van der Waals surface area (Å²) in [5.41, 5.74) is 1.00. The monoisotopic (exact) mass is 320 g/mol. The van der Waals surface area contributed by atoms with Crippen molar-refractivity contribution in [1.82, 2.24) is 10.2 Å². The molecule has 3 nitrogen and oxygen atoms in total. The van der Waals surface area contributed by atoms with E-state index in [0.29, 0.717) is 6.54 Å². The van der Waals surface area contributed by atoms with Gasteiger partial charge in [-0.05, 0) is 44.5 Å². The van der Waals surface area contributed by atoms with E-state index in [-0.39, 0.29) is 24.2 Å². The van der Waals surface area contributed by atoms with E-state index in [1.165, 1.54) is 0 Å². The van der Waals surface area contributed by atoms with Crippen molar-refractivity contribution >= 4 is 18.3 Å². The highest BCUT2D eigenvalue weighted by Gasteiger charge is 2.24. The Morgan fingerprint density at radius 1 is 1.27 bits per heavy atom. The standard InChI is InChI=1S/C18H24N2O.ClH/c1-2-14-20(18(21)17-10-12-19-13-11-17)15-6-9-16-7-4-3-5-8-16;/h3-5,7-8,17,19H,2,10-15H2,1H3;1H. The van der Waals surface area contributed by atoms with Crippen LogP contribution in [0, 0.1) is 17.8 Å². The summed E-state index contributed by atoms with van der Waals surface area (Å²) in [5, 5.41) is 3.31. The average Bonchev–Trinajstić information content (AvgIpc) is 2.55. The minimum Gasteiger partial charge on any atom is -0.331 e. The maximum absolute atomic E-state index is 12.6. The normalized spacial score (nSPS) is 14.4. The largest absolute Gasteiger partial charge is 0.331 e. The first-order valence-electron chi connectivity index (χ1n) is 7.84. The highest BCUT2D eigenvalue weighted by atomic mass is 35.5. The molecular formula is C18H25ClN2O. The zero-order chi connectivity index (χ0) is 14.9. The van der Waals surface area contributed by atoms with E-state index >= 15 is 0 Å². The van der Waals surface area contributed by atoms with E-state index in [0.717, 1.165) is 44.5 Å². The lowest BCUT2D eigenvalue weighted by atomic mass is 9.96. The summed E-state index contributed by atoms with van der Waals surface area (Å²) in [5.74, 6) is 6.74. The predicted octanol–water partition coefficient (Wildman–Crippen LogP) is 2.70. The Labute approximate surface area is 139 Å². The predicted molar refractivity (Wildman–Crippen MR) is 93.0 cm³/mol. The number of hydrogen-bond acceptors (Lipinski definition) is 2. The second-order valence-electron chi connectivity index (χ2n) is 5.45. The van der Waals surface area contributed by atoms with E-state index in [2.05, 4.69) is 24.1 Å². The first kappa shape index (κ1) is 18.5. The van der Waals surface area contributed by atoms with Crippen molar-refractivity contribution < 1.29 is 4.79 Å². The molecule has 1 aromatic rings. The van der Waals surface area contributed by atoms with Gasteiger partial charge in [-0.1, -0.05) is 37.0 Å². The third-order valence-electron chi connectivity index (χ3n) is 3.77. The van der Waals surface area contributed by atoms with Crippen LogP contribution in [0.25, 0.3) is 0 Å². The molecule has 1 N–H and O–H groups in total. The fourth-order valence-electron chi connectivity index (χ4n) is 2.62. The smallest absolute Gasteiger partial charge is 0.226 e. The molecule has 1 heterocycles. The van der Waals surface area contributed by atoms with Crippen LogP contribution < -0.4 is 5.32 Å². The molecule has 0 radical (unpaired) electrons. The molecule has 2 rings (SSSR count). The number of hydrogen-bond donors (Lipinski definition) is 1. The first-order chi connectivity index (χ1) is 10.3. The zero-order valence-corrected chi connectivity index (χ0v) is 14.0. The Hall–Kier alpha value is -1.50. The van der Waals surface area contributed by atoms with E-state index in [1.807, 2.05) is 35.2 Å². The topological polar surface area (TPSA) is 32.3 Å². The zero-order valence-electron chi connectivity index (χ0n) is 13.2. The van der Waals surface area contributed by atoms with Crippen molar-refractivity contribution in [2.45, 2.75) is 26.2 Å². The Balaban J connectivity index is 0.00000242. The number of amides is 1. The molecule has 1 aliphatic heterocycles. The molecule has 0 aliphatic carbocycles. The third-order valence-corrected chi connectivity index (χ3v) is 3.77. The summed E-state index contributed by atoms with van der Waals surface area (Å²) in [4.78, 5) is 14.5. The maximum Gasteiger partial charge on any atom is 0.226 e. The molecule has 0 saturated carbocycles. The highest BCUT2D eigenvalue weighted by Crippen LogP contribution is 2.15. The summed E-state index contributed by atoms with van der Waals surface area (Å²) >= 11 is 0. The van der Waals surface area contributed by atoms with Crippen LogP contribution >= 0.6 is 12.4 Å². The summed E-state index contributed by atoms with van der Waals surface area (Å²) in [6.07, 6.45) is 2.88. The number of piperidine rings is 1. The second kappa shape index (κ2) is 10.3. The molecule has 22 heavy (non-hydrogen) atoms. The molecule has 0 aromatic heterocycles. The van der Waals surface area contributed by atoms with Gasteiger partial charge in [-0.15, -0.1) is 12.4 Å². The van der Waals surface area contributed by atoms with E-state index in [4.69, 9.17) is 0 Å². The van der Waals surface area contributed by atoms with Crippen LogP contribution in [0.4, 0.5) is 0 Å². The van der Waals surface area contributed by atoms with E-state index < -0.39 is 0 Å². The quantitative estimate of drug-likeness (QED) is 0.865. The van der Waals surface area contributed by atoms with Crippen molar-refractivity contribution in [3.8, 4) is 11.8 Å². The maximum atomic E-state index is 12.6. The summed E-state index contributed by atoms with van der Waals surface area (Å²) in [6.45, 7) is 5.34. The van der Waals surface area contributed by atoms with E-state index in [1.54, 1.807) is 0 Å². The van der Waals surface area contributed by atoms with Gasteiger partial charge in [0.25, 0.3) is 0 Å². The minimum atomic E-state index is 0. The SMILES string of the molecule is CCCN(CC#Cc1ccccc1)C(=O)C1CCNCC1.Cl. The van der Waals surface area contributed by atoms with Gasteiger partial charge in [-0.2, -0.15) is 0 Å². The number of rotatable bonds is 4. The Bertz CT molecular complexity index is 501. The molecule has 4 heteroatoms. The van der Waals surface area contributed by atoms with Crippen LogP contribution in [0.1, 0.15) is 31.7 Å². The molecule has 120 valence electrons. The van der Waals surface area contributed by atoms with Crippen LogP contribution in [0.15, 0.2) is 30.3 Å². The molecule has 1 amide bonds. The fourth-order valence-corrected chi connectivity index (χ4v) is 2.62. The Morgan fingerprint density at radius 3 is 2.59 bits per heavy atom. The van der Waals surface area contributed by atoms with Gasteiger partial charge in [0, 0.05) is 18.0 Å². The molecule has 0 spiro atoms. The number of nitrogens with zero attached hydrogens (tertiary/aromatic N) is 1. The lowest BCUT2D eigenvalue weighted by Crippen LogP contribution is -2.41. The molecule has 0 atom stereocenters. The van der Waals surface area contributed by atoms with Crippen molar-refractivity contribution in [3.63, 3.8) is 0 Å². The molecule has 1 saturated heterocycles. The van der Waals surface area contributed by atoms with Crippen LogP contribution in [0.5, 0.6) is 0 Å². The van der Waals surface area contributed by atoms with Gasteiger partial charge in [-0.3, -0.25) is 4.79 Å². The number of halogens is 1. The van der Waals surface area contributed by atoms with Gasteiger partial charge in [0.15, 0.2) is 0 Å². The lowest BCUT2D eigenvalue weighted by Gasteiger charge is -2.28. The molecular weight excluding hydrogens is 296 g/mol. The second-order valence-corrected chi connectivity index (χ2v) is 5.45. The van der Waals surface area contributed by atoms with Gasteiger partial charge in [0.2, 0.25) is 5.91 Å². The molecule has 1 aliphatic rings. The molecule has 1 aromatic carbocycles. The van der Waals surface area contributed by atoms with E-state index in [9.17, 15) is 4.79 Å². The van der Waals surface area contributed by atoms with Crippen LogP contribution in [-0.4, -0.2) is 37.0 Å². The summed E-state index contributed by atoms with van der Waals surface area (Å²) in [6, 6.07) is 9.93. The Kier molecular flexibility index (Phi) is 8.65. The Morgan fingerprint density at radius 2 is 1.95 bits per heavy atom. The fraction of sp³-hybridized carbons (Fsp3) is 0.500. The third kappa shape index (κ3) is 5.71. The van der Waals surface area contributed by atoms with Crippen LogP contribution in [0.3, 0.4) is 0 Å². The summed E-state index contributed by atoms with van der Waals surface area (Å²) in [7, 11) is 0. The van der Waals surface area contributed by atoms with Gasteiger partial charge < -0.3 is 10.2 Å². The van der Waals surface area contributed by atoms with Gasteiger partial charge in [-0.25, -0.2) is 0 Å². The van der Waals surface area contributed by atoms with Gasteiger partial charge in [0.05, 0.1) is 6.54 Å². The highest BCUT2D eigenvalue weighted by molar-refractivity contribution is 5.85. The van der Waals surface area contributed by atoms with Crippen LogP contribution in [0.2, 0.25) is 0 Å². The van der Waals surface area contributed by atoms with Gasteiger partial charge in [0.1, 0.15) is 0 Å². The average molecular weight is 321 g/mol. The van der Waals surface area contributed by atoms with Crippen molar-refractivity contribution in [1.29, 1.82) is 0 Å². The first-order valence-corrected chi connectivity index (χ1v) is 7.84. The molecule has 0 unspecified atom stereocenters. The van der Waals surface area contributed by atoms with Crippen molar-refractivity contribution in [2.75, 3.05) is 26.2 Å². The number of benzene rings is 1. The van der Waals surface area contributed by atoms with Gasteiger partial charge >= 0.3 is 0 Å². The minimum absolute atomic E-state index is 0. The van der Waals surface area contributed by atoms with Crippen LogP contribution in [-0.2, 0) is 4.79 Å². The van der Waals surface area contributed by atoms with Crippen molar-refractivity contribution in [2.24, 2.45) is 5.92 Å². The number of carbonyl (C=O) groups is 1. The summed E-state index contributed by atoms with van der Waals surface area (Å²) < 4.78 is 0. The lowest BCUT2D eigenvalue weighted by molar-refractivity contribution is -0.135.